The van der Waals surface area contributed by atoms with Gasteiger partial charge in [0.15, 0.2) is 0 Å². The summed E-state index contributed by atoms with van der Waals surface area (Å²) < 4.78 is 0. The first kappa shape index (κ1) is 13.4. The Morgan fingerprint density at radius 1 is 1.21 bits per heavy atom. The van der Waals surface area contributed by atoms with Crippen LogP contribution >= 0.6 is 11.6 Å². The first-order valence-corrected chi connectivity index (χ1v) is 6.30. The molecular weight excluding hydrogens is 262 g/mol. The topological polar surface area (TPSA) is 75.9 Å². The monoisotopic (exact) mass is 277 g/mol. The maximum atomic E-state index is 5.98. The molecule has 0 spiro atoms. The highest BCUT2D eigenvalue weighted by Gasteiger charge is 2.08. The zero-order valence-corrected chi connectivity index (χ0v) is 11.6. The van der Waals surface area contributed by atoms with E-state index in [2.05, 4.69) is 20.6 Å². The lowest BCUT2D eigenvalue weighted by Crippen LogP contribution is -2.10. The Labute approximate surface area is 117 Å². The molecule has 0 fully saturated rings. The summed E-state index contributed by atoms with van der Waals surface area (Å²) in [7, 11) is 1.78. The number of anilines is 3. The number of hydrogen-bond donors (Lipinski definition) is 3. The van der Waals surface area contributed by atoms with Crippen LogP contribution in [0.1, 0.15) is 18.5 Å². The second-order valence-corrected chi connectivity index (χ2v) is 4.60. The third kappa shape index (κ3) is 3.48. The summed E-state index contributed by atoms with van der Waals surface area (Å²) in [6, 6.07) is 9.56. The smallest absolute Gasteiger partial charge is 0.223 e. The van der Waals surface area contributed by atoms with Crippen molar-refractivity contribution in [3.05, 3.63) is 40.9 Å². The Morgan fingerprint density at radius 3 is 2.63 bits per heavy atom. The minimum Gasteiger partial charge on any atom is -0.373 e. The number of rotatable bonds is 4. The van der Waals surface area contributed by atoms with Gasteiger partial charge in [-0.1, -0.05) is 23.7 Å². The summed E-state index contributed by atoms with van der Waals surface area (Å²) in [4.78, 5) is 8.19. The van der Waals surface area contributed by atoms with Crippen molar-refractivity contribution in [3.63, 3.8) is 0 Å². The zero-order chi connectivity index (χ0) is 13.8. The fourth-order valence-corrected chi connectivity index (χ4v) is 1.95. The standard InChI is InChI=1S/C13H16ClN5/c1-8(9-4-3-5-10(14)6-9)17-12-7-11(16-2)18-13(15)19-12/h3-8H,1-2H3,(H4,15,16,17,18,19). The molecular formula is C13H16ClN5. The van der Waals surface area contributed by atoms with Gasteiger partial charge in [0.05, 0.1) is 0 Å². The van der Waals surface area contributed by atoms with Crippen molar-refractivity contribution >= 4 is 29.2 Å². The summed E-state index contributed by atoms with van der Waals surface area (Å²) in [6.07, 6.45) is 0. The number of aromatic nitrogens is 2. The van der Waals surface area contributed by atoms with Gasteiger partial charge in [0.2, 0.25) is 5.95 Å². The lowest BCUT2D eigenvalue weighted by atomic mass is 10.1. The number of hydrogen-bond acceptors (Lipinski definition) is 5. The molecule has 6 heteroatoms. The largest absolute Gasteiger partial charge is 0.373 e. The molecule has 1 heterocycles. The highest BCUT2D eigenvalue weighted by Crippen LogP contribution is 2.22. The van der Waals surface area contributed by atoms with E-state index in [9.17, 15) is 0 Å². The number of nitrogens with one attached hydrogen (secondary N) is 2. The fourth-order valence-electron chi connectivity index (χ4n) is 1.75. The van der Waals surface area contributed by atoms with Crippen molar-refractivity contribution in [1.29, 1.82) is 0 Å². The fraction of sp³-hybridized carbons (Fsp3) is 0.231. The minimum absolute atomic E-state index is 0.0673. The molecule has 1 atom stereocenters. The highest BCUT2D eigenvalue weighted by atomic mass is 35.5. The van der Waals surface area contributed by atoms with Gasteiger partial charge in [-0.15, -0.1) is 0 Å². The van der Waals surface area contributed by atoms with Crippen molar-refractivity contribution in [3.8, 4) is 0 Å². The number of benzene rings is 1. The molecule has 0 amide bonds. The third-order valence-corrected chi connectivity index (χ3v) is 2.95. The summed E-state index contributed by atoms with van der Waals surface area (Å²) in [5.74, 6) is 1.57. The van der Waals surface area contributed by atoms with Crippen molar-refractivity contribution in [2.75, 3.05) is 23.4 Å². The lowest BCUT2D eigenvalue weighted by molar-refractivity contribution is 0.873. The molecule has 0 radical (unpaired) electrons. The highest BCUT2D eigenvalue weighted by molar-refractivity contribution is 6.30. The molecule has 1 aromatic heterocycles. The number of nitrogen functional groups attached to an aromatic ring is 1. The molecule has 4 N–H and O–H groups in total. The first-order chi connectivity index (χ1) is 9.08. The normalized spacial score (nSPS) is 11.9. The van der Waals surface area contributed by atoms with Gasteiger partial charge < -0.3 is 16.4 Å². The van der Waals surface area contributed by atoms with E-state index in [0.29, 0.717) is 16.7 Å². The van der Waals surface area contributed by atoms with Crippen LogP contribution in [0.25, 0.3) is 0 Å². The van der Waals surface area contributed by atoms with Gasteiger partial charge in [-0.05, 0) is 24.6 Å². The Balaban J connectivity index is 2.18. The number of halogens is 1. The predicted molar refractivity (Wildman–Crippen MR) is 79.5 cm³/mol. The number of nitrogens with two attached hydrogens (primary N) is 1. The molecule has 2 aromatic rings. The summed E-state index contributed by atoms with van der Waals surface area (Å²) in [6.45, 7) is 2.03. The van der Waals surface area contributed by atoms with Crippen molar-refractivity contribution < 1.29 is 0 Å². The molecule has 0 aliphatic rings. The molecule has 19 heavy (non-hydrogen) atoms. The van der Waals surface area contributed by atoms with Gasteiger partial charge in [-0.25, -0.2) is 0 Å². The van der Waals surface area contributed by atoms with Crippen LogP contribution in [0.2, 0.25) is 5.02 Å². The molecule has 0 saturated heterocycles. The Hall–Kier alpha value is -2.01. The average molecular weight is 278 g/mol. The Morgan fingerprint density at radius 2 is 1.95 bits per heavy atom. The molecule has 2 rings (SSSR count). The van der Waals surface area contributed by atoms with Crippen LogP contribution < -0.4 is 16.4 Å². The van der Waals surface area contributed by atoms with E-state index in [1.165, 1.54) is 0 Å². The van der Waals surface area contributed by atoms with E-state index in [4.69, 9.17) is 17.3 Å². The van der Waals surface area contributed by atoms with Crippen molar-refractivity contribution in [1.82, 2.24) is 9.97 Å². The second kappa shape index (κ2) is 5.75. The maximum Gasteiger partial charge on any atom is 0.223 e. The van der Waals surface area contributed by atoms with Crippen LogP contribution in [0.4, 0.5) is 17.6 Å². The molecule has 0 saturated carbocycles. The molecule has 100 valence electrons. The summed E-state index contributed by atoms with van der Waals surface area (Å²) in [5, 5.41) is 6.92. The van der Waals surface area contributed by atoms with Crippen LogP contribution in [0.15, 0.2) is 30.3 Å². The van der Waals surface area contributed by atoms with Gasteiger partial charge in [0.25, 0.3) is 0 Å². The summed E-state index contributed by atoms with van der Waals surface area (Å²) >= 11 is 5.98. The van der Waals surface area contributed by atoms with Crippen molar-refractivity contribution in [2.24, 2.45) is 0 Å². The van der Waals surface area contributed by atoms with Crippen LogP contribution in [-0.2, 0) is 0 Å². The SMILES string of the molecule is CNc1cc(NC(C)c2cccc(Cl)c2)nc(N)n1. The number of nitrogens with zero attached hydrogens (tertiary/aromatic N) is 2. The molecule has 1 aromatic carbocycles. The van der Waals surface area contributed by atoms with E-state index in [-0.39, 0.29) is 12.0 Å². The van der Waals surface area contributed by atoms with Crippen LogP contribution in [0.5, 0.6) is 0 Å². The van der Waals surface area contributed by atoms with E-state index in [1.807, 2.05) is 31.2 Å². The van der Waals surface area contributed by atoms with Crippen LogP contribution in [0.3, 0.4) is 0 Å². The second-order valence-electron chi connectivity index (χ2n) is 4.17. The Bertz CT molecular complexity index is 573. The quantitative estimate of drug-likeness (QED) is 0.801. The molecule has 0 bridgehead atoms. The zero-order valence-electron chi connectivity index (χ0n) is 10.8. The van der Waals surface area contributed by atoms with Gasteiger partial charge in [-0.3, -0.25) is 0 Å². The van der Waals surface area contributed by atoms with Crippen molar-refractivity contribution in [2.45, 2.75) is 13.0 Å². The molecule has 1 unspecified atom stereocenters. The first-order valence-electron chi connectivity index (χ1n) is 5.93. The van der Waals surface area contributed by atoms with Gasteiger partial charge in [-0.2, -0.15) is 9.97 Å². The van der Waals surface area contributed by atoms with Gasteiger partial charge in [0.1, 0.15) is 11.6 Å². The predicted octanol–water partition coefficient (Wildman–Crippen LogP) is 2.93. The Kier molecular flexibility index (Phi) is 4.06. The van der Waals surface area contributed by atoms with Gasteiger partial charge >= 0.3 is 0 Å². The maximum absolute atomic E-state index is 5.98. The molecule has 5 nitrogen and oxygen atoms in total. The van der Waals surface area contributed by atoms with E-state index in [1.54, 1.807) is 13.1 Å². The lowest BCUT2D eigenvalue weighted by Gasteiger charge is -2.16. The molecule has 0 aliphatic heterocycles. The third-order valence-electron chi connectivity index (χ3n) is 2.71. The van der Waals surface area contributed by atoms with Gasteiger partial charge in [0, 0.05) is 24.2 Å². The van der Waals surface area contributed by atoms with E-state index < -0.39 is 0 Å². The molecule has 0 aliphatic carbocycles. The van der Waals surface area contributed by atoms with E-state index in [0.717, 1.165) is 5.56 Å². The van der Waals surface area contributed by atoms with E-state index >= 15 is 0 Å². The van der Waals surface area contributed by atoms with Crippen LogP contribution in [-0.4, -0.2) is 17.0 Å². The summed E-state index contributed by atoms with van der Waals surface area (Å²) in [5.41, 5.74) is 6.73. The average Bonchev–Trinajstić information content (AvgIpc) is 2.38. The van der Waals surface area contributed by atoms with Crippen LogP contribution in [0, 0.1) is 0 Å². The minimum atomic E-state index is 0.0673.